The minimum absolute atomic E-state index is 0.356. The highest BCUT2D eigenvalue weighted by molar-refractivity contribution is 5.83. The third-order valence-electron chi connectivity index (χ3n) is 6.43. The zero-order valence-corrected chi connectivity index (χ0v) is 19.4. The predicted octanol–water partition coefficient (Wildman–Crippen LogP) is 5.00. The Balaban J connectivity index is 1.27. The third-order valence-corrected chi connectivity index (χ3v) is 6.43. The molecule has 1 amide bonds. The van der Waals surface area contributed by atoms with Crippen LogP contribution in [0.1, 0.15) is 80.6 Å². The van der Waals surface area contributed by atoms with Crippen LogP contribution in [0, 0.1) is 0 Å². The maximum Gasteiger partial charge on any atom is 0.257 e. The fourth-order valence-electron chi connectivity index (χ4n) is 4.75. The number of amides is 1. The Morgan fingerprint density at radius 3 is 2.61 bits per heavy atom. The van der Waals surface area contributed by atoms with Crippen LogP contribution in [-0.2, 0) is 16.0 Å². The summed E-state index contributed by atoms with van der Waals surface area (Å²) in [6, 6.07) is 14.0. The van der Waals surface area contributed by atoms with Crippen molar-refractivity contribution in [1.29, 1.82) is 0 Å². The summed E-state index contributed by atoms with van der Waals surface area (Å²) in [5, 5.41) is 11.8. The first-order valence-corrected chi connectivity index (χ1v) is 12.3. The first kappa shape index (κ1) is 23.6. The van der Waals surface area contributed by atoms with Crippen molar-refractivity contribution in [3.63, 3.8) is 0 Å². The molecule has 178 valence electrons. The molecule has 6 heteroatoms. The van der Waals surface area contributed by atoms with E-state index < -0.39 is 12.5 Å². The van der Waals surface area contributed by atoms with Gasteiger partial charge in [0.05, 0.1) is 13.2 Å². The highest BCUT2D eigenvalue weighted by atomic mass is 16.6. The van der Waals surface area contributed by atoms with Crippen molar-refractivity contribution >= 4 is 5.91 Å². The molecule has 1 saturated carbocycles. The summed E-state index contributed by atoms with van der Waals surface area (Å²) in [5.41, 5.74) is 3.44. The van der Waals surface area contributed by atoms with Crippen LogP contribution in [0.4, 0.5) is 0 Å². The number of hydrogen-bond acceptors (Lipinski definition) is 5. The van der Waals surface area contributed by atoms with E-state index in [4.69, 9.17) is 14.2 Å². The van der Waals surface area contributed by atoms with Crippen molar-refractivity contribution in [2.24, 2.45) is 0 Å². The number of rotatable bonds is 10. The molecule has 2 atom stereocenters. The number of ether oxygens (including phenoxy) is 3. The van der Waals surface area contributed by atoms with Gasteiger partial charge in [-0.3, -0.25) is 4.79 Å². The molecule has 0 radical (unpaired) electrons. The molecule has 2 fully saturated rings. The lowest BCUT2D eigenvalue weighted by molar-refractivity contribution is -0.126. The molecule has 2 unspecified atom stereocenters. The Hall–Kier alpha value is -2.57. The second-order valence-electron chi connectivity index (χ2n) is 8.95. The van der Waals surface area contributed by atoms with Gasteiger partial charge in [0.15, 0.2) is 6.10 Å². The summed E-state index contributed by atoms with van der Waals surface area (Å²) in [4.78, 5) is 11.9. The number of carbonyl (C=O) groups excluding carboxylic acids is 1. The number of hydrogen-bond donors (Lipinski definition) is 2. The first-order valence-electron chi connectivity index (χ1n) is 12.3. The van der Waals surface area contributed by atoms with Crippen molar-refractivity contribution < 1.29 is 24.1 Å². The maximum atomic E-state index is 11.9. The van der Waals surface area contributed by atoms with Crippen molar-refractivity contribution in [1.82, 2.24) is 5.32 Å². The molecule has 1 heterocycles. The summed E-state index contributed by atoms with van der Waals surface area (Å²) in [5.74, 6) is 2.00. The molecule has 1 aliphatic carbocycles. The van der Waals surface area contributed by atoms with E-state index in [0.717, 1.165) is 25.0 Å². The molecule has 4 rings (SSSR count). The van der Waals surface area contributed by atoms with Crippen LogP contribution in [-0.4, -0.2) is 30.6 Å². The van der Waals surface area contributed by atoms with Gasteiger partial charge in [-0.05, 0) is 60.1 Å². The molecular formula is C27H35NO5. The van der Waals surface area contributed by atoms with Crippen LogP contribution in [0.5, 0.6) is 11.5 Å². The van der Waals surface area contributed by atoms with E-state index in [-0.39, 0.29) is 5.91 Å². The van der Waals surface area contributed by atoms with Crippen molar-refractivity contribution in [2.75, 3.05) is 13.2 Å². The second-order valence-corrected chi connectivity index (χ2v) is 8.95. The standard InChI is InChI=1S/C27H35NO5/c1-2-8-21-17-20(19-9-4-3-5-10-19)13-14-24(21)32-16-7-15-31-23-12-6-11-22(18-23)25-26(29)28-27(30)33-25/h6,11-14,17-19,25,27,30H,2-5,7-10,15-16H2,1H3,(H,28,29). The molecular weight excluding hydrogens is 418 g/mol. The van der Waals surface area contributed by atoms with E-state index in [1.54, 1.807) is 12.1 Å². The maximum absolute atomic E-state index is 11.9. The Morgan fingerprint density at radius 2 is 1.85 bits per heavy atom. The molecule has 2 aliphatic rings. The van der Waals surface area contributed by atoms with Gasteiger partial charge >= 0.3 is 0 Å². The molecule has 6 nitrogen and oxygen atoms in total. The topological polar surface area (TPSA) is 77.0 Å². The number of carbonyl (C=O) groups is 1. The molecule has 0 aromatic heterocycles. The summed E-state index contributed by atoms with van der Waals surface area (Å²) >= 11 is 0. The minimum atomic E-state index is -1.27. The fourth-order valence-corrected chi connectivity index (χ4v) is 4.75. The van der Waals surface area contributed by atoms with Crippen LogP contribution in [0.25, 0.3) is 0 Å². The zero-order chi connectivity index (χ0) is 23.0. The monoisotopic (exact) mass is 453 g/mol. The number of nitrogens with one attached hydrogen (secondary N) is 1. The van der Waals surface area contributed by atoms with Gasteiger partial charge in [0, 0.05) is 6.42 Å². The third kappa shape index (κ3) is 6.27. The number of aryl methyl sites for hydroxylation is 1. The normalized spacial score (nSPS) is 21.1. The quantitative estimate of drug-likeness (QED) is 0.495. The van der Waals surface area contributed by atoms with Gasteiger partial charge in [-0.15, -0.1) is 0 Å². The van der Waals surface area contributed by atoms with Gasteiger partial charge in [-0.1, -0.05) is 56.9 Å². The summed E-state index contributed by atoms with van der Waals surface area (Å²) in [7, 11) is 0. The minimum Gasteiger partial charge on any atom is -0.493 e. The summed E-state index contributed by atoms with van der Waals surface area (Å²) < 4.78 is 17.2. The smallest absolute Gasteiger partial charge is 0.257 e. The molecule has 2 aromatic rings. The molecule has 1 aliphatic heterocycles. The highest BCUT2D eigenvalue weighted by Crippen LogP contribution is 2.35. The SMILES string of the molecule is CCCc1cc(C2CCCCC2)ccc1OCCCOc1cccc(C2OC(O)NC2=O)c1. The first-order chi connectivity index (χ1) is 16.1. The molecule has 2 aromatic carbocycles. The lowest BCUT2D eigenvalue weighted by Crippen LogP contribution is -2.25. The van der Waals surface area contributed by atoms with Crippen LogP contribution in [0.2, 0.25) is 0 Å². The van der Waals surface area contributed by atoms with E-state index in [9.17, 15) is 9.90 Å². The Kier molecular flexibility index (Phi) is 8.24. The van der Waals surface area contributed by atoms with Crippen molar-refractivity contribution in [3.05, 3.63) is 59.2 Å². The molecule has 33 heavy (non-hydrogen) atoms. The van der Waals surface area contributed by atoms with Gasteiger partial charge in [-0.2, -0.15) is 0 Å². The largest absolute Gasteiger partial charge is 0.493 e. The molecule has 1 saturated heterocycles. The average molecular weight is 454 g/mol. The van der Waals surface area contributed by atoms with E-state index in [2.05, 4.69) is 30.4 Å². The number of benzene rings is 2. The van der Waals surface area contributed by atoms with Gasteiger partial charge in [0.1, 0.15) is 11.5 Å². The van der Waals surface area contributed by atoms with Gasteiger partial charge in [0.2, 0.25) is 6.41 Å². The Labute approximate surface area is 196 Å². The predicted molar refractivity (Wildman–Crippen MR) is 126 cm³/mol. The van der Waals surface area contributed by atoms with E-state index >= 15 is 0 Å². The van der Waals surface area contributed by atoms with Gasteiger partial charge in [0.25, 0.3) is 5.91 Å². The molecule has 0 bridgehead atoms. The van der Waals surface area contributed by atoms with E-state index in [0.29, 0.717) is 30.4 Å². The van der Waals surface area contributed by atoms with Crippen LogP contribution >= 0.6 is 0 Å². The lowest BCUT2D eigenvalue weighted by atomic mass is 9.83. The van der Waals surface area contributed by atoms with Gasteiger partial charge in [-0.25, -0.2) is 0 Å². The highest BCUT2D eigenvalue weighted by Gasteiger charge is 2.32. The van der Waals surface area contributed by atoms with E-state index in [1.807, 2.05) is 12.1 Å². The van der Waals surface area contributed by atoms with Gasteiger partial charge < -0.3 is 24.6 Å². The van der Waals surface area contributed by atoms with E-state index in [1.165, 1.54) is 43.2 Å². The summed E-state index contributed by atoms with van der Waals surface area (Å²) in [6.45, 7) is 3.30. The summed E-state index contributed by atoms with van der Waals surface area (Å²) in [6.07, 6.45) is 7.48. The van der Waals surface area contributed by atoms with Crippen LogP contribution in [0.3, 0.4) is 0 Å². The van der Waals surface area contributed by atoms with Crippen molar-refractivity contribution in [2.45, 2.75) is 76.7 Å². The fraction of sp³-hybridized carbons (Fsp3) is 0.519. The van der Waals surface area contributed by atoms with Crippen LogP contribution in [0.15, 0.2) is 42.5 Å². The molecule has 2 N–H and O–H groups in total. The number of aliphatic hydroxyl groups excluding tert-OH is 1. The average Bonchev–Trinajstić information content (AvgIpc) is 3.18. The zero-order valence-electron chi connectivity index (χ0n) is 19.4. The Morgan fingerprint density at radius 1 is 1.03 bits per heavy atom. The van der Waals surface area contributed by atoms with Crippen LogP contribution < -0.4 is 14.8 Å². The Bertz CT molecular complexity index is 924. The molecule has 0 spiro atoms. The number of aliphatic hydroxyl groups is 1. The lowest BCUT2D eigenvalue weighted by Gasteiger charge is -2.23. The second kappa shape index (κ2) is 11.5. The van der Waals surface area contributed by atoms with Crippen molar-refractivity contribution in [3.8, 4) is 11.5 Å².